The topological polar surface area (TPSA) is 92.5 Å². The predicted octanol–water partition coefficient (Wildman–Crippen LogP) is 0.494. The van der Waals surface area contributed by atoms with E-state index in [0.717, 1.165) is 18.7 Å². The minimum absolute atomic E-state index is 0.0492. The Bertz CT molecular complexity index is 682. The van der Waals surface area contributed by atoms with Gasteiger partial charge in [0.15, 0.2) is 0 Å². The van der Waals surface area contributed by atoms with Crippen molar-refractivity contribution in [1.82, 2.24) is 14.7 Å². The quantitative estimate of drug-likeness (QED) is 0.845. The van der Waals surface area contributed by atoms with Crippen molar-refractivity contribution in [2.24, 2.45) is 5.92 Å². The third-order valence-electron chi connectivity index (χ3n) is 4.68. The number of fused-ring (bicyclic) bond motifs is 1. The number of rotatable bonds is 2. The summed E-state index contributed by atoms with van der Waals surface area (Å²) < 4.78 is 24.9. The van der Waals surface area contributed by atoms with Gasteiger partial charge in [-0.1, -0.05) is 0 Å². The maximum absolute atomic E-state index is 12.7. The van der Waals surface area contributed by atoms with Crippen molar-refractivity contribution in [2.45, 2.75) is 45.4 Å². The third kappa shape index (κ3) is 3.58. The first kappa shape index (κ1) is 16.4. The van der Waals surface area contributed by atoms with Gasteiger partial charge < -0.3 is 10.0 Å². The van der Waals surface area contributed by atoms with Crippen molar-refractivity contribution in [3.63, 3.8) is 0 Å². The van der Waals surface area contributed by atoms with Crippen LogP contribution in [0.2, 0.25) is 0 Å². The van der Waals surface area contributed by atoms with E-state index in [4.69, 9.17) is 0 Å². The van der Waals surface area contributed by atoms with E-state index in [1.807, 2.05) is 15.6 Å². The first-order valence-corrected chi connectivity index (χ1v) is 9.92. The van der Waals surface area contributed by atoms with Crippen LogP contribution in [0.25, 0.3) is 0 Å². The predicted molar refractivity (Wildman–Crippen MR) is 84.3 cm³/mol. The standard InChI is InChI=1S/C15H23N3O4S/c1-11(19)14-9-13-10-17(5-2-6-18(13)16-14)15(20)12-3-7-23(21,22)8-4-12/h9,11-12,19H,2-8,10H2,1H3/t11-/m0/s1. The Labute approximate surface area is 136 Å². The van der Waals surface area contributed by atoms with Crippen molar-refractivity contribution in [2.75, 3.05) is 18.1 Å². The van der Waals surface area contributed by atoms with Crippen LogP contribution in [0.4, 0.5) is 0 Å². The number of amides is 1. The number of nitrogens with zero attached hydrogens (tertiary/aromatic N) is 3. The van der Waals surface area contributed by atoms with Crippen molar-refractivity contribution in [3.8, 4) is 0 Å². The molecule has 0 bridgehead atoms. The van der Waals surface area contributed by atoms with Crippen LogP contribution < -0.4 is 0 Å². The molecule has 1 amide bonds. The zero-order valence-corrected chi connectivity index (χ0v) is 14.1. The summed E-state index contributed by atoms with van der Waals surface area (Å²) in [5.74, 6) is 0.0836. The average Bonchev–Trinajstić information content (AvgIpc) is 2.79. The molecule has 8 heteroatoms. The molecule has 3 heterocycles. The lowest BCUT2D eigenvalue weighted by Crippen LogP contribution is -2.39. The molecule has 0 aromatic carbocycles. The molecule has 1 fully saturated rings. The molecule has 0 radical (unpaired) electrons. The minimum Gasteiger partial charge on any atom is -0.387 e. The van der Waals surface area contributed by atoms with Gasteiger partial charge in [-0.05, 0) is 32.3 Å². The second-order valence-electron chi connectivity index (χ2n) is 6.50. The second kappa shape index (κ2) is 6.24. The van der Waals surface area contributed by atoms with Crippen LogP contribution in [0.1, 0.15) is 43.7 Å². The highest BCUT2D eigenvalue weighted by atomic mass is 32.2. The van der Waals surface area contributed by atoms with Gasteiger partial charge in [0.05, 0.1) is 35.5 Å². The van der Waals surface area contributed by atoms with Gasteiger partial charge in [-0.15, -0.1) is 0 Å². The molecule has 0 spiro atoms. The molecule has 2 aliphatic rings. The fourth-order valence-corrected chi connectivity index (χ4v) is 4.76. The van der Waals surface area contributed by atoms with Gasteiger partial charge in [-0.25, -0.2) is 8.42 Å². The summed E-state index contributed by atoms with van der Waals surface area (Å²) in [6.07, 6.45) is 1.04. The lowest BCUT2D eigenvalue weighted by atomic mass is 10.0. The van der Waals surface area contributed by atoms with Crippen LogP contribution in [-0.2, 0) is 27.7 Å². The molecule has 0 saturated carbocycles. The average molecular weight is 341 g/mol. The number of hydrogen-bond donors (Lipinski definition) is 1. The molecule has 1 aromatic rings. The number of aromatic nitrogens is 2. The first-order valence-electron chi connectivity index (χ1n) is 8.09. The Morgan fingerprint density at radius 2 is 2.04 bits per heavy atom. The molecule has 3 rings (SSSR count). The Morgan fingerprint density at radius 3 is 2.70 bits per heavy atom. The Morgan fingerprint density at radius 1 is 1.35 bits per heavy atom. The van der Waals surface area contributed by atoms with E-state index < -0.39 is 15.9 Å². The van der Waals surface area contributed by atoms with Gasteiger partial charge in [0, 0.05) is 19.0 Å². The van der Waals surface area contributed by atoms with Crippen LogP contribution in [-0.4, -0.2) is 52.2 Å². The molecule has 1 aromatic heterocycles. The summed E-state index contributed by atoms with van der Waals surface area (Å²) in [5, 5.41) is 14.0. The van der Waals surface area contributed by atoms with Crippen molar-refractivity contribution in [3.05, 3.63) is 17.5 Å². The fourth-order valence-electron chi connectivity index (χ4n) is 3.27. The highest BCUT2D eigenvalue weighted by Gasteiger charge is 2.32. The van der Waals surface area contributed by atoms with Gasteiger partial charge in [-0.3, -0.25) is 9.48 Å². The molecular formula is C15H23N3O4S. The smallest absolute Gasteiger partial charge is 0.226 e. The normalized spacial score (nSPS) is 23.1. The van der Waals surface area contributed by atoms with Crippen LogP contribution in [0, 0.1) is 5.92 Å². The SMILES string of the molecule is C[C@H](O)c1cc2n(n1)CCCN(C(=O)C1CCS(=O)(=O)CC1)C2. The van der Waals surface area contributed by atoms with Gasteiger partial charge in [0.25, 0.3) is 0 Å². The number of hydrogen-bond acceptors (Lipinski definition) is 5. The summed E-state index contributed by atoms with van der Waals surface area (Å²) in [7, 11) is -2.95. The number of carbonyl (C=O) groups excluding carboxylic acids is 1. The zero-order valence-electron chi connectivity index (χ0n) is 13.3. The Hall–Kier alpha value is -1.41. The zero-order chi connectivity index (χ0) is 16.6. The van der Waals surface area contributed by atoms with Gasteiger partial charge in [0.1, 0.15) is 9.84 Å². The molecule has 128 valence electrons. The van der Waals surface area contributed by atoms with Gasteiger partial charge in [0.2, 0.25) is 5.91 Å². The molecule has 7 nitrogen and oxygen atoms in total. The third-order valence-corrected chi connectivity index (χ3v) is 6.39. The van der Waals surface area contributed by atoms with E-state index in [9.17, 15) is 18.3 Å². The highest BCUT2D eigenvalue weighted by molar-refractivity contribution is 7.91. The number of aryl methyl sites for hydroxylation is 1. The summed E-state index contributed by atoms with van der Waals surface area (Å²) in [6, 6.07) is 1.85. The molecular weight excluding hydrogens is 318 g/mol. The highest BCUT2D eigenvalue weighted by Crippen LogP contribution is 2.24. The molecule has 1 atom stereocenters. The van der Waals surface area contributed by atoms with E-state index in [-0.39, 0.29) is 23.3 Å². The number of sulfone groups is 1. The Balaban J connectivity index is 1.71. The lowest BCUT2D eigenvalue weighted by Gasteiger charge is -2.28. The molecule has 0 unspecified atom stereocenters. The molecule has 23 heavy (non-hydrogen) atoms. The monoisotopic (exact) mass is 341 g/mol. The van der Waals surface area contributed by atoms with Crippen molar-refractivity contribution < 1.29 is 18.3 Å². The van der Waals surface area contributed by atoms with Crippen LogP contribution >= 0.6 is 0 Å². The molecule has 1 saturated heterocycles. The minimum atomic E-state index is -2.95. The van der Waals surface area contributed by atoms with E-state index in [2.05, 4.69) is 5.10 Å². The summed E-state index contributed by atoms with van der Waals surface area (Å²) in [6.45, 7) is 3.54. The fraction of sp³-hybridized carbons (Fsp3) is 0.733. The van der Waals surface area contributed by atoms with Gasteiger partial charge >= 0.3 is 0 Å². The van der Waals surface area contributed by atoms with Crippen molar-refractivity contribution >= 4 is 15.7 Å². The van der Waals surface area contributed by atoms with Crippen LogP contribution in [0.15, 0.2) is 6.07 Å². The number of carbonyl (C=O) groups is 1. The maximum atomic E-state index is 12.7. The van der Waals surface area contributed by atoms with Crippen molar-refractivity contribution in [1.29, 1.82) is 0 Å². The number of aliphatic hydroxyl groups is 1. The van der Waals surface area contributed by atoms with Gasteiger partial charge in [-0.2, -0.15) is 5.10 Å². The first-order chi connectivity index (χ1) is 10.9. The van der Waals surface area contributed by atoms with E-state index in [0.29, 0.717) is 31.6 Å². The maximum Gasteiger partial charge on any atom is 0.226 e. The lowest BCUT2D eigenvalue weighted by molar-refractivity contribution is -0.136. The molecule has 2 aliphatic heterocycles. The van der Waals surface area contributed by atoms with E-state index >= 15 is 0 Å². The summed E-state index contributed by atoms with van der Waals surface area (Å²) in [5.41, 5.74) is 1.55. The van der Waals surface area contributed by atoms with E-state index in [1.54, 1.807) is 6.92 Å². The van der Waals surface area contributed by atoms with E-state index in [1.165, 1.54) is 0 Å². The Kier molecular flexibility index (Phi) is 4.46. The van der Waals surface area contributed by atoms with Crippen LogP contribution in [0.5, 0.6) is 0 Å². The largest absolute Gasteiger partial charge is 0.387 e. The molecule has 0 aliphatic carbocycles. The molecule has 1 N–H and O–H groups in total. The summed E-state index contributed by atoms with van der Waals surface area (Å²) >= 11 is 0. The summed E-state index contributed by atoms with van der Waals surface area (Å²) in [4.78, 5) is 14.5. The number of aliphatic hydroxyl groups excluding tert-OH is 1. The van der Waals surface area contributed by atoms with Crippen LogP contribution in [0.3, 0.4) is 0 Å². The second-order valence-corrected chi connectivity index (χ2v) is 8.80.